The van der Waals surface area contributed by atoms with E-state index in [2.05, 4.69) is 20.8 Å². The highest BCUT2D eigenvalue weighted by atomic mass is 16.3. The summed E-state index contributed by atoms with van der Waals surface area (Å²) in [4.78, 5) is 14.1. The van der Waals surface area contributed by atoms with Gasteiger partial charge in [-0.2, -0.15) is 0 Å². The van der Waals surface area contributed by atoms with Crippen molar-refractivity contribution in [3.8, 4) is 0 Å². The second kappa shape index (κ2) is 6.71. The van der Waals surface area contributed by atoms with Crippen molar-refractivity contribution in [2.75, 3.05) is 13.7 Å². The van der Waals surface area contributed by atoms with Gasteiger partial charge in [0.1, 0.15) is 0 Å². The molecule has 1 unspecified atom stereocenters. The van der Waals surface area contributed by atoms with Gasteiger partial charge in [0.2, 0.25) is 5.91 Å². The van der Waals surface area contributed by atoms with Gasteiger partial charge in [-0.1, -0.05) is 51.1 Å². The SMILES string of the molecule is CN(C(=O)CC(C)(C)C)C(CCO)c1ccccc1. The van der Waals surface area contributed by atoms with Crippen LogP contribution in [0.2, 0.25) is 0 Å². The Morgan fingerprint density at radius 3 is 2.32 bits per heavy atom. The van der Waals surface area contributed by atoms with Gasteiger partial charge in [0.15, 0.2) is 0 Å². The Morgan fingerprint density at radius 2 is 1.84 bits per heavy atom. The molecule has 19 heavy (non-hydrogen) atoms. The van der Waals surface area contributed by atoms with Crippen molar-refractivity contribution in [2.45, 2.75) is 39.7 Å². The van der Waals surface area contributed by atoms with Gasteiger partial charge in [-0.25, -0.2) is 0 Å². The summed E-state index contributed by atoms with van der Waals surface area (Å²) in [6.07, 6.45) is 1.08. The molecule has 3 heteroatoms. The Kier molecular flexibility index (Phi) is 5.55. The van der Waals surface area contributed by atoms with Gasteiger partial charge in [0.25, 0.3) is 0 Å². The molecular formula is C16H25NO2. The van der Waals surface area contributed by atoms with E-state index in [0.29, 0.717) is 12.8 Å². The standard InChI is InChI=1S/C16H25NO2/c1-16(2,3)12-15(19)17(4)14(10-11-18)13-8-6-5-7-9-13/h5-9,14,18H,10-12H2,1-4H3. The first kappa shape index (κ1) is 15.7. The van der Waals surface area contributed by atoms with Crippen LogP contribution in [0.4, 0.5) is 0 Å². The fraction of sp³-hybridized carbons (Fsp3) is 0.562. The van der Waals surface area contributed by atoms with Crippen molar-refractivity contribution in [1.82, 2.24) is 4.90 Å². The summed E-state index contributed by atoms with van der Waals surface area (Å²) in [5.74, 6) is 0.120. The van der Waals surface area contributed by atoms with Crippen LogP contribution in [0.25, 0.3) is 0 Å². The van der Waals surface area contributed by atoms with Gasteiger partial charge in [0, 0.05) is 20.1 Å². The molecule has 0 heterocycles. The maximum Gasteiger partial charge on any atom is 0.223 e. The van der Waals surface area contributed by atoms with Crippen LogP contribution in [0.15, 0.2) is 30.3 Å². The van der Waals surface area contributed by atoms with E-state index < -0.39 is 0 Å². The van der Waals surface area contributed by atoms with E-state index in [0.717, 1.165) is 5.56 Å². The van der Waals surface area contributed by atoms with E-state index in [9.17, 15) is 9.90 Å². The summed E-state index contributed by atoms with van der Waals surface area (Å²) < 4.78 is 0. The van der Waals surface area contributed by atoms with Crippen LogP contribution in [0.3, 0.4) is 0 Å². The third-order valence-corrected chi connectivity index (χ3v) is 3.13. The van der Waals surface area contributed by atoms with Gasteiger partial charge in [-0.3, -0.25) is 4.79 Å². The first-order valence-corrected chi connectivity index (χ1v) is 6.76. The first-order valence-electron chi connectivity index (χ1n) is 6.76. The van der Waals surface area contributed by atoms with Gasteiger partial charge in [-0.05, 0) is 17.4 Å². The van der Waals surface area contributed by atoms with E-state index >= 15 is 0 Å². The lowest BCUT2D eigenvalue weighted by molar-refractivity contribution is -0.134. The molecule has 0 aliphatic rings. The van der Waals surface area contributed by atoms with Gasteiger partial charge in [0.05, 0.1) is 6.04 Å². The van der Waals surface area contributed by atoms with Crippen molar-refractivity contribution in [1.29, 1.82) is 0 Å². The fourth-order valence-electron chi connectivity index (χ4n) is 2.13. The highest BCUT2D eigenvalue weighted by Gasteiger charge is 2.24. The zero-order valence-corrected chi connectivity index (χ0v) is 12.4. The summed E-state index contributed by atoms with van der Waals surface area (Å²) in [6, 6.07) is 9.82. The van der Waals surface area contributed by atoms with E-state index in [1.807, 2.05) is 37.4 Å². The average Bonchev–Trinajstić information content (AvgIpc) is 2.34. The van der Waals surface area contributed by atoms with Crippen LogP contribution in [0.5, 0.6) is 0 Å². The normalized spacial score (nSPS) is 13.1. The van der Waals surface area contributed by atoms with Crippen LogP contribution < -0.4 is 0 Å². The first-order chi connectivity index (χ1) is 8.85. The molecule has 0 radical (unpaired) electrons. The van der Waals surface area contributed by atoms with Crippen molar-refractivity contribution >= 4 is 5.91 Å². The minimum Gasteiger partial charge on any atom is -0.396 e. The van der Waals surface area contributed by atoms with Gasteiger partial charge in [-0.15, -0.1) is 0 Å². The topological polar surface area (TPSA) is 40.5 Å². The average molecular weight is 263 g/mol. The summed E-state index contributed by atoms with van der Waals surface area (Å²) in [5, 5.41) is 9.22. The van der Waals surface area contributed by atoms with Crippen molar-refractivity contribution < 1.29 is 9.90 Å². The number of aliphatic hydroxyl groups excluding tert-OH is 1. The largest absolute Gasteiger partial charge is 0.396 e. The number of carbonyl (C=O) groups is 1. The highest BCUT2D eigenvalue weighted by molar-refractivity contribution is 5.77. The third kappa shape index (κ3) is 5.03. The highest BCUT2D eigenvalue weighted by Crippen LogP contribution is 2.26. The molecule has 3 nitrogen and oxygen atoms in total. The molecule has 0 saturated heterocycles. The maximum atomic E-state index is 12.3. The lowest BCUT2D eigenvalue weighted by Gasteiger charge is -2.30. The smallest absolute Gasteiger partial charge is 0.223 e. The summed E-state index contributed by atoms with van der Waals surface area (Å²) in [5.41, 5.74) is 1.05. The van der Waals surface area contributed by atoms with Crippen molar-refractivity contribution in [3.63, 3.8) is 0 Å². The molecule has 0 aliphatic carbocycles. The molecule has 106 valence electrons. The predicted octanol–water partition coefficient (Wildman–Crippen LogP) is 3.00. The molecule has 1 amide bonds. The molecule has 1 aromatic carbocycles. The third-order valence-electron chi connectivity index (χ3n) is 3.13. The summed E-state index contributed by atoms with van der Waals surface area (Å²) in [7, 11) is 1.82. The van der Waals surface area contributed by atoms with Crippen LogP contribution in [0.1, 0.15) is 45.2 Å². The molecule has 1 atom stereocenters. The Balaban J connectivity index is 2.85. The zero-order chi connectivity index (χ0) is 14.5. The lowest BCUT2D eigenvalue weighted by atomic mass is 9.91. The van der Waals surface area contributed by atoms with Crippen LogP contribution >= 0.6 is 0 Å². The fourth-order valence-corrected chi connectivity index (χ4v) is 2.13. The van der Waals surface area contributed by atoms with E-state index in [4.69, 9.17) is 0 Å². The molecule has 1 rings (SSSR count). The Hall–Kier alpha value is -1.35. The second-order valence-corrected chi connectivity index (χ2v) is 6.18. The van der Waals surface area contributed by atoms with Gasteiger partial charge >= 0.3 is 0 Å². The Bertz CT molecular complexity index is 395. The monoisotopic (exact) mass is 263 g/mol. The molecule has 0 bridgehead atoms. The van der Waals surface area contributed by atoms with E-state index in [-0.39, 0.29) is 24.0 Å². The molecule has 0 aromatic heterocycles. The number of nitrogens with zero attached hydrogens (tertiary/aromatic N) is 1. The number of carbonyl (C=O) groups excluding carboxylic acids is 1. The lowest BCUT2D eigenvalue weighted by Crippen LogP contribution is -2.34. The quantitative estimate of drug-likeness (QED) is 0.887. The van der Waals surface area contributed by atoms with Crippen LogP contribution in [-0.4, -0.2) is 29.6 Å². The van der Waals surface area contributed by atoms with Crippen molar-refractivity contribution in [2.24, 2.45) is 5.41 Å². The van der Waals surface area contributed by atoms with E-state index in [1.165, 1.54) is 0 Å². The molecule has 1 N–H and O–H groups in total. The molecule has 0 aliphatic heterocycles. The Morgan fingerprint density at radius 1 is 1.26 bits per heavy atom. The number of hydrogen-bond donors (Lipinski definition) is 1. The van der Waals surface area contributed by atoms with Gasteiger partial charge < -0.3 is 10.0 Å². The molecule has 0 saturated carbocycles. The van der Waals surface area contributed by atoms with Crippen LogP contribution in [0, 0.1) is 5.41 Å². The van der Waals surface area contributed by atoms with E-state index in [1.54, 1.807) is 4.90 Å². The maximum absolute atomic E-state index is 12.3. The number of amides is 1. The molecule has 0 fully saturated rings. The summed E-state index contributed by atoms with van der Waals surface area (Å²) >= 11 is 0. The summed E-state index contributed by atoms with van der Waals surface area (Å²) in [6.45, 7) is 6.25. The van der Waals surface area contributed by atoms with Crippen molar-refractivity contribution in [3.05, 3.63) is 35.9 Å². The number of aliphatic hydroxyl groups is 1. The zero-order valence-electron chi connectivity index (χ0n) is 12.4. The molecule has 0 spiro atoms. The molecule has 1 aromatic rings. The number of benzene rings is 1. The number of rotatable bonds is 5. The minimum absolute atomic E-state index is 0.0220. The minimum atomic E-state index is -0.0546. The Labute approximate surface area is 116 Å². The predicted molar refractivity (Wildman–Crippen MR) is 77.7 cm³/mol. The molecular weight excluding hydrogens is 238 g/mol. The number of hydrogen-bond acceptors (Lipinski definition) is 2. The van der Waals surface area contributed by atoms with Crippen LogP contribution in [-0.2, 0) is 4.79 Å². The second-order valence-electron chi connectivity index (χ2n) is 6.18.